The van der Waals surface area contributed by atoms with Crippen molar-refractivity contribution >= 4 is 11.3 Å². The predicted octanol–water partition coefficient (Wildman–Crippen LogP) is 4.38. The van der Waals surface area contributed by atoms with E-state index in [0.717, 1.165) is 24.7 Å². The van der Waals surface area contributed by atoms with Crippen LogP contribution in [0.2, 0.25) is 0 Å². The Morgan fingerprint density at radius 3 is 2.67 bits per heavy atom. The Kier molecular flexibility index (Phi) is 4.71. The minimum Gasteiger partial charge on any atom is -0.314 e. The van der Waals surface area contributed by atoms with Gasteiger partial charge in [0.25, 0.3) is 0 Å². The standard InChI is InChI=1S/C18H24N2S/c1-13(14(2)11-19-16-8-9-16)10-18-20-17(12-21-18)15-6-4-3-5-7-15/h3-7,12-14,16,19H,8-11H2,1-2H3. The minimum absolute atomic E-state index is 0.672. The van der Waals surface area contributed by atoms with Crippen molar-refractivity contribution in [3.05, 3.63) is 40.7 Å². The van der Waals surface area contributed by atoms with E-state index >= 15 is 0 Å². The fourth-order valence-corrected chi connectivity index (χ4v) is 3.41. The fourth-order valence-electron chi connectivity index (χ4n) is 2.46. The monoisotopic (exact) mass is 300 g/mol. The highest BCUT2D eigenvalue weighted by Crippen LogP contribution is 2.25. The normalized spacial score (nSPS) is 17.6. The first-order chi connectivity index (χ1) is 10.2. The third-order valence-corrected chi connectivity index (χ3v) is 5.27. The molecule has 21 heavy (non-hydrogen) atoms. The molecule has 1 saturated carbocycles. The Bertz CT molecular complexity index is 560. The molecule has 0 amide bonds. The third kappa shape index (κ3) is 4.14. The molecule has 1 fully saturated rings. The van der Waals surface area contributed by atoms with Gasteiger partial charge in [0.05, 0.1) is 10.7 Å². The second-order valence-corrected chi connectivity index (χ2v) is 7.28. The molecule has 2 atom stereocenters. The summed E-state index contributed by atoms with van der Waals surface area (Å²) in [4.78, 5) is 4.81. The zero-order valence-electron chi connectivity index (χ0n) is 12.9. The van der Waals surface area contributed by atoms with Crippen LogP contribution in [0.5, 0.6) is 0 Å². The van der Waals surface area contributed by atoms with Gasteiger partial charge in [-0.05, 0) is 31.2 Å². The van der Waals surface area contributed by atoms with Gasteiger partial charge in [0.15, 0.2) is 0 Å². The topological polar surface area (TPSA) is 24.9 Å². The van der Waals surface area contributed by atoms with Gasteiger partial charge < -0.3 is 5.32 Å². The molecule has 3 rings (SSSR count). The van der Waals surface area contributed by atoms with Crippen molar-refractivity contribution in [2.24, 2.45) is 11.8 Å². The first-order valence-corrected chi connectivity index (χ1v) is 8.83. The molecule has 112 valence electrons. The second kappa shape index (κ2) is 6.71. The molecule has 2 aromatic rings. The summed E-state index contributed by atoms with van der Waals surface area (Å²) in [7, 11) is 0. The molecule has 0 bridgehead atoms. The van der Waals surface area contributed by atoms with E-state index in [1.165, 1.54) is 23.4 Å². The summed E-state index contributed by atoms with van der Waals surface area (Å²) in [5, 5.41) is 7.09. The van der Waals surface area contributed by atoms with Crippen LogP contribution < -0.4 is 5.32 Å². The van der Waals surface area contributed by atoms with Crippen molar-refractivity contribution in [3.8, 4) is 11.3 Å². The molecule has 0 aliphatic heterocycles. The summed E-state index contributed by atoms with van der Waals surface area (Å²) >= 11 is 1.80. The van der Waals surface area contributed by atoms with Crippen LogP contribution >= 0.6 is 11.3 Å². The average molecular weight is 300 g/mol. The lowest BCUT2D eigenvalue weighted by atomic mass is 9.93. The smallest absolute Gasteiger partial charge is 0.0935 e. The first kappa shape index (κ1) is 14.7. The van der Waals surface area contributed by atoms with Crippen LogP contribution in [0.25, 0.3) is 11.3 Å². The van der Waals surface area contributed by atoms with Gasteiger partial charge in [-0.1, -0.05) is 44.2 Å². The Hall–Kier alpha value is -1.19. The van der Waals surface area contributed by atoms with E-state index in [-0.39, 0.29) is 0 Å². The molecular formula is C18H24N2S. The van der Waals surface area contributed by atoms with Crippen molar-refractivity contribution in [2.75, 3.05) is 6.54 Å². The lowest BCUT2D eigenvalue weighted by molar-refractivity contribution is 0.364. The molecule has 0 spiro atoms. The maximum Gasteiger partial charge on any atom is 0.0935 e. The molecule has 1 N–H and O–H groups in total. The second-order valence-electron chi connectivity index (χ2n) is 6.33. The molecular weight excluding hydrogens is 276 g/mol. The van der Waals surface area contributed by atoms with Gasteiger partial charge in [-0.15, -0.1) is 11.3 Å². The van der Waals surface area contributed by atoms with Crippen molar-refractivity contribution < 1.29 is 0 Å². The third-order valence-electron chi connectivity index (χ3n) is 4.40. The van der Waals surface area contributed by atoms with Crippen LogP contribution in [0.1, 0.15) is 31.7 Å². The van der Waals surface area contributed by atoms with Crippen LogP contribution in [0.3, 0.4) is 0 Å². The van der Waals surface area contributed by atoms with Crippen LogP contribution in [0.15, 0.2) is 35.7 Å². The van der Waals surface area contributed by atoms with E-state index in [2.05, 4.69) is 48.8 Å². The molecule has 0 radical (unpaired) electrons. The van der Waals surface area contributed by atoms with E-state index in [1.54, 1.807) is 11.3 Å². The molecule has 1 aliphatic rings. The number of nitrogens with one attached hydrogen (secondary N) is 1. The molecule has 1 aromatic carbocycles. The van der Waals surface area contributed by atoms with Gasteiger partial charge >= 0.3 is 0 Å². The number of benzene rings is 1. The molecule has 2 nitrogen and oxygen atoms in total. The van der Waals surface area contributed by atoms with Gasteiger partial charge in [-0.3, -0.25) is 0 Å². The summed E-state index contributed by atoms with van der Waals surface area (Å²) in [6.45, 7) is 5.84. The van der Waals surface area contributed by atoms with Crippen molar-refractivity contribution in [3.63, 3.8) is 0 Å². The molecule has 3 heteroatoms. The highest BCUT2D eigenvalue weighted by atomic mass is 32.1. The van der Waals surface area contributed by atoms with Gasteiger partial charge in [0.2, 0.25) is 0 Å². The summed E-state index contributed by atoms with van der Waals surface area (Å²) in [5.74, 6) is 1.38. The molecule has 2 unspecified atom stereocenters. The Labute approximate surface area is 131 Å². The average Bonchev–Trinajstić information content (AvgIpc) is 3.23. The van der Waals surface area contributed by atoms with E-state index in [4.69, 9.17) is 4.98 Å². The summed E-state index contributed by atoms with van der Waals surface area (Å²) in [6.07, 6.45) is 3.83. The number of nitrogens with zero attached hydrogens (tertiary/aromatic N) is 1. The largest absolute Gasteiger partial charge is 0.314 e. The van der Waals surface area contributed by atoms with Gasteiger partial charge in [0, 0.05) is 23.4 Å². The lowest BCUT2D eigenvalue weighted by Crippen LogP contribution is -2.27. The predicted molar refractivity (Wildman–Crippen MR) is 90.6 cm³/mol. The number of thiazole rings is 1. The van der Waals surface area contributed by atoms with Crippen LogP contribution in [-0.4, -0.2) is 17.6 Å². The van der Waals surface area contributed by atoms with Gasteiger partial charge in [-0.2, -0.15) is 0 Å². The van der Waals surface area contributed by atoms with Gasteiger partial charge in [-0.25, -0.2) is 4.98 Å². The van der Waals surface area contributed by atoms with Crippen LogP contribution in [-0.2, 0) is 6.42 Å². The quantitative estimate of drug-likeness (QED) is 0.821. The molecule has 1 aliphatic carbocycles. The lowest BCUT2D eigenvalue weighted by Gasteiger charge is -2.19. The number of rotatable bonds is 7. The Morgan fingerprint density at radius 2 is 1.95 bits per heavy atom. The summed E-state index contributed by atoms with van der Waals surface area (Å²) < 4.78 is 0. The minimum atomic E-state index is 0.672. The molecule has 0 saturated heterocycles. The van der Waals surface area contributed by atoms with E-state index < -0.39 is 0 Å². The SMILES string of the molecule is CC(CNC1CC1)C(C)Cc1nc(-c2ccccc2)cs1. The van der Waals surface area contributed by atoms with E-state index in [1.807, 2.05) is 6.07 Å². The zero-order valence-corrected chi connectivity index (χ0v) is 13.7. The molecule has 1 aromatic heterocycles. The fraction of sp³-hybridized carbons (Fsp3) is 0.500. The van der Waals surface area contributed by atoms with Crippen LogP contribution in [0, 0.1) is 11.8 Å². The highest BCUT2D eigenvalue weighted by Gasteiger charge is 2.22. The van der Waals surface area contributed by atoms with E-state index in [0.29, 0.717) is 11.8 Å². The summed E-state index contributed by atoms with van der Waals surface area (Å²) in [5.41, 5.74) is 2.34. The Balaban J connectivity index is 1.56. The zero-order chi connectivity index (χ0) is 14.7. The van der Waals surface area contributed by atoms with E-state index in [9.17, 15) is 0 Å². The number of hydrogen-bond acceptors (Lipinski definition) is 3. The highest BCUT2D eigenvalue weighted by molar-refractivity contribution is 7.09. The Morgan fingerprint density at radius 1 is 1.19 bits per heavy atom. The number of aromatic nitrogens is 1. The maximum absolute atomic E-state index is 4.81. The van der Waals surface area contributed by atoms with Gasteiger partial charge in [0.1, 0.15) is 0 Å². The van der Waals surface area contributed by atoms with Crippen molar-refractivity contribution in [1.82, 2.24) is 10.3 Å². The van der Waals surface area contributed by atoms with Crippen LogP contribution in [0.4, 0.5) is 0 Å². The summed E-state index contributed by atoms with van der Waals surface area (Å²) in [6, 6.07) is 11.3. The van der Waals surface area contributed by atoms with Crippen molar-refractivity contribution in [2.45, 2.75) is 39.2 Å². The molecule has 1 heterocycles. The first-order valence-electron chi connectivity index (χ1n) is 7.95. The van der Waals surface area contributed by atoms with Crippen molar-refractivity contribution in [1.29, 1.82) is 0 Å². The maximum atomic E-state index is 4.81. The number of hydrogen-bond donors (Lipinski definition) is 1.